The van der Waals surface area contributed by atoms with Crippen LogP contribution in [0, 0.1) is 13.8 Å². The molecule has 1 aliphatic heterocycles. The van der Waals surface area contributed by atoms with Crippen LogP contribution in [0.15, 0.2) is 4.90 Å². The Bertz CT molecular complexity index is 589. The molecule has 0 atom stereocenters. The Balaban J connectivity index is 2.12. The second-order valence-corrected chi connectivity index (χ2v) is 7.26. The van der Waals surface area contributed by atoms with Gasteiger partial charge < -0.3 is 10.5 Å². The maximum Gasteiger partial charge on any atom is 0.246 e. The molecule has 1 aromatic rings. The minimum absolute atomic E-state index is 0.107. The van der Waals surface area contributed by atoms with E-state index in [1.54, 1.807) is 25.6 Å². The molecule has 0 bridgehead atoms. The molecular formula is C13H24N4O3S. The predicted octanol–water partition coefficient (Wildman–Crippen LogP) is 0.165. The van der Waals surface area contributed by atoms with Crippen molar-refractivity contribution in [1.82, 2.24) is 14.1 Å². The van der Waals surface area contributed by atoms with Crippen molar-refractivity contribution in [1.29, 1.82) is 0 Å². The van der Waals surface area contributed by atoms with Gasteiger partial charge in [-0.2, -0.15) is 9.40 Å². The number of nitrogens with zero attached hydrogens (tertiary/aromatic N) is 3. The first kappa shape index (κ1) is 16.4. The quantitative estimate of drug-likeness (QED) is 0.836. The second kappa shape index (κ2) is 6.43. The van der Waals surface area contributed by atoms with Crippen molar-refractivity contribution in [3.63, 3.8) is 0 Å². The van der Waals surface area contributed by atoms with Gasteiger partial charge in [0.05, 0.1) is 24.1 Å². The van der Waals surface area contributed by atoms with Crippen molar-refractivity contribution in [2.24, 2.45) is 12.8 Å². The van der Waals surface area contributed by atoms with Gasteiger partial charge in [0.15, 0.2) is 0 Å². The highest BCUT2D eigenvalue weighted by atomic mass is 32.2. The molecule has 0 amide bonds. The van der Waals surface area contributed by atoms with Gasteiger partial charge in [-0.05, 0) is 26.7 Å². The molecule has 1 aliphatic rings. The standard InChI is InChI=1S/C13H24N4O3S/c1-10-13(11(2)16(3)15-10)21(18,19)17-7-4-12(5-8-17)20-9-6-14/h12H,4-9,14H2,1-3H3. The SMILES string of the molecule is Cc1nn(C)c(C)c1S(=O)(=O)N1CCC(OCCN)CC1. The van der Waals surface area contributed by atoms with Crippen molar-refractivity contribution < 1.29 is 13.2 Å². The van der Waals surface area contributed by atoms with Crippen molar-refractivity contribution in [2.45, 2.75) is 37.7 Å². The molecule has 120 valence electrons. The summed E-state index contributed by atoms with van der Waals surface area (Å²) in [5, 5.41) is 4.20. The van der Waals surface area contributed by atoms with Crippen LogP contribution in [0.3, 0.4) is 0 Å². The molecule has 0 spiro atoms. The lowest BCUT2D eigenvalue weighted by Gasteiger charge is -2.31. The van der Waals surface area contributed by atoms with Gasteiger partial charge in [-0.25, -0.2) is 8.42 Å². The average Bonchev–Trinajstić information content (AvgIpc) is 2.70. The molecule has 0 unspecified atom stereocenters. The number of aryl methyl sites for hydroxylation is 2. The molecule has 2 rings (SSSR count). The van der Waals surface area contributed by atoms with Crippen molar-refractivity contribution >= 4 is 10.0 Å². The zero-order valence-electron chi connectivity index (χ0n) is 12.9. The molecule has 2 heterocycles. The Hall–Kier alpha value is -0.960. The molecule has 1 fully saturated rings. The molecule has 7 nitrogen and oxygen atoms in total. The van der Waals surface area contributed by atoms with Crippen LogP contribution in [-0.2, 0) is 21.8 Å². The van der Waals surface area contributed by atoms with Crippen LogP contribution < -0.4 is 5.73 Å². The normalized spacial score (nSPS) is 18.3. The number of hydrogen-bond donors (Lipinski definition) is 1. The fourth-order valence-electron chi connectivity index (χ4n) is 2.73. The summed E-state index contributed by atoms with van der Waals surface area (Å²) in [7, 11) is -1.72. The molecular weight excluding hydrogens is 292 g/mol. The van der Waals surface area contributed by atoms with Gasteiger partial charge in [0.25, 0.3) is 0 Å². The van der Waals surface area contributed by atoms with Gasteiger partial charge in [0.2, 0.25) is 10.0 Å². The Labute approximate surface area is 126 Å². The van der Waals surface area contributed by atoms with E-state index < -0.39 is 10.0 Å². The van der Waals surface area contributed by atoms with Crippen LogP contribution in [0.4, 0.5) is 0 Å². The third-order valence-electron chi connectivity index (χ3n) is 3.91. The third-order valence-corrected chi connectivity index (χ3v) is 6.06. The molecule has 1 saturated heterocycles. The van der Waals surface area contributed by atoms with E-state index in [2.05, 4.69) is 5.10 Å². The highest BCUT2D eigenvalue weighted by molar-refractivity contribution is 7.89. The van der Waals surface area contributed by atoms with E-state index in [-0.39, 0.29) is 6.10 Å². The monoisotopic (exact) mass is 316 g/mol. The van der Waals surface area contributed by atoms with Crippen LogP contribution >= 0.6 is 0 Å². The fraction of sp³-hybridized carbons (Fsp3) is 0.769. The largest absolute Gasteiger partial charge is 0.377 e. The van der Waals surface area contributed by atoms with Crippen LogP contribution in [0.25, 0.3) is 0 Å². The highest BCUT2D eigenvalue weighted by Crippen LogP contribution is 2.26. The van der Waals surface area contributed by atoms with Crippen LogP contribution in [0.2, 0.25) is 0 Å². The zero-order chi connectivity index (χ0) is 15.6. The third kappa shape index (κ3) is 3.28. The lowest BCUT2D eigenvalue weighted by molar-refractivity contribution is 0.0257. The maximum atomic E-state index is 12.8. The van der Waals surface area contributed by atoms with Gasteiger partial charge in [0.1, 0.15) is 4.90 Å². The summed E-state index contributed by atoms with van der Waals surface area (Å²) >= 11 is 0. The van der Waals surface area contributed by atoms with Crippen molar-refractivity contribution in [2.75, 3.05) is 26.2 Å². The molecule has 21 heavy (non-hydrogen) atoms. The first-order valence-electron chi connectivity index (χ1n) is 7.20. The van der Waals surface area contributed by atoms with Gasteiger partial charge in [-0.1, -0.05) is 0 Å². The second-order valence-electron chi connectivity index (χ2n) is 5.39. The first-order chi connectivity index (χ1) is 9.87. The Kier molecular flexibility index (Phi) is 5.03. The average molecular weight is 316 g/mol. The van der Waals surface area contributed by atoms with E-state index in [0.29, 0.717) is 55.4 Å². The van der Waals surface area contributed by atoms with E-state index in [9.17, 15) is 8.42 Å². The summed E-state index contributed by atoms with van der Waals surface area (Å²) in [5.41, 5.74) is 6.64. The number of hydrogen-bond acceptors (Lipinski definition) is 5. The van der Waals surface area contributed by atoms with E-state index in [1.807, 2.05) is 0 Å². The fourth-order valence-corrected chi connectivity index (χ4v) is 4.60. The lowest BCUT2D eigenvalue weighted by Crippen LogP contribution is -2.41. The number of piperidine rings is 1. The topological polar surface area (TPSA) is 90.5 Å². The smallest absolute Gasteiger partial charge is 0.246 e. The summed E-state index contributed by atoms with van der Waals surface area (Å²) in [5.74, 6) is 0. The molecule has 8 heteroatoms. The van der Waals surface area contributed by atoms with Gasteiger partial charge >= 0.3 is 0 Å². The molecule has 0 saturated carbocycles. The Morgan fingerprint density at radius 2 is 1.95 bits per heavy atom. The minimum atomic E-state index is -3.48. The predicted molar refractivity (Wildman–Crippen MR) is 79.5 cm³/mol. The summed E-state index contributed by atoms with van der Waals surface area (Å²) in [4.78, 5) is 0.339. The summed E-state index contributed by atoms with van der Waals surface area (Å²) < 4.78 is 34.3. The van der Waals surface area contributed by atoms with Crippen molar-refractivity contribution in [3.8, 4) is 0 Å². The summed E-state index contributed by atoms with van der Waals surface area (Å²) in [6, 6.07) is 0. The molecule has 2 N–H and O–H groups in total. The highest BCUT2D eigenvalue weighted by Gasteiger charge is 2.33. The number of ether oxygens (including phenoxy) is 1. The van der Waals surface area contributed by atoms with Crippen molar-refractivity contribution in [3.05, 3.63) is 11.4 Å². The Morgan fingerprint density at radius 1 is 1.33 bits per heavy atom. The van der Waals surface area contributed by atoms with Gasteiger partial charge in [-0.15, -0.1) is 0 Å². The van der Waals surface area contributed by atoms with Crippen LogP contribution in [0.5, 0.6) is 0 Å². The maximum absolute atomic E-state index is 12.8. The molecule has 0 aromatic carbocycles. The zero-order valence-corrected chi connectivity index (χ0v) is 13.7. The Morgan fingerprint density at radius 3 is 2.43 bits per heavy atom. The van der Waals surface area contributed by atoms with Gasteiger partial charge in [0, 0.05) is 26.7 Å². The minimum Gasteiger partial charge on any atom is -0.377 e. The van der Waals surface area contributed by atoms with E-state index in [0.717, 1.165) is 0 Å². The summed E-state index contributed by atoms with van der Waals surface area (Å²) in [6.07, 6.45) is 1.52. The first-order valence-corrected chi connectivity index (χ1v) is 8.64. The number of sulfonamides is 1. The van der Waals surface area contributed by atoms with Gasteiger partial charge in [-0.3, -0.25) is 4.68 Å². The number of aromatic nitrogens is 2. The van der Waals surface area contributed by atoms with E-state index >= 15 is 0 Å². The van der Waals surface area contributed by atoms with E-state index in [4.69, 9.17) is 10.5 Å². The number of rotatable bonds is 5. The lowest BCUT2D eigenvalue weighted by atomic mass is 10.1. The molecule has 0 aliphatic carbocycles. The molecule has 0 radical (unpaired) electrons. The number of nitrogens with two attached hydrogens (primary N) is 1. The van der Waals surface area contributed by atoms with Crippen LogP contribution in [0.1, 0.15) is 24.2 Å². The van der Waals surface area contributed by atoms with E-state index in [1.165, 1.54) is 4.31 Å². The summed E-state index contributed by atoms with van der Waals surface area (Å²) in [6.45, 7) is 5.49. The molecule has 1 aromatic heterocycles. The van der Waals surface area contributed by atoms with Crippen LogP contribution in [-0.4, -0.2) is 54.8 Å².